The fourth-order valence-corrected chi connectivity index (χ4v) is 1.48. The predicted octanol–water partition coefficient (Wildman–Crippen LogP) is -0.845. The number of nitrogens with zero attached hydrogens (tertiary/aromatic N) is 3. The Morgan fingerprint density at radius 2 is 1.76 bits per heavy atom. The van der Waals surface area contributed by atoms with Crippen LogP contribution in [0.4, 0.5) is 19.1 Å². The first-order valence-electron chi connectivity index (χ1n) is 4.87. The number of hydrogen-bond acceptors (Lipinski definition) is 5. The van der Waals surface area contributed by atoms with Gasteiger partial charge in [0.15, 0.2) is 0 Å². The van der Waals surface area contributed by atoms with E-state index < -0.39 is 19.2 Å². The van der Waals surface area contributed by atoms with Crippen molar-refractivity contribution >= 4 is 18.5 Å². The van der Waals surface area contributed by atoms with Crippen molar-refractivity contribution in [3.63, 3.8) is 0 Å². The third kappa shape index (κ3) is 2.50. The molecule has 0 atom stereocenters. The molecule has 17 heavy (non-hydrogen) atoms. The Labute approximate surface area is 95.1 Å². The van der Waals surface area contributed by atoms with Gasteiger partial charge in [0.25, 0.3) is 0 Å². The molecule has 92 valence electrons. The van der Waals surface area contributed by atoms with Crippen molar-refractivity contribution in [2.75, 3.05) is 18.0 Å². The minimum Gasteiger partial charge on any atom is -0.423 e. The highest BCUT2D eigenvalue weighted by Crippen LogP contribution is 2.34. The van der Waals surface area contributed by atoms with Crippen molar-refractivity contribution in [2.24, 2.45) is 5.92 Å². The monoisotopic (exact) mass is 247 g/mol. The van der Waals surface area contributed by atoms with E-state index in [4.69, 9.17) is 10.0 Å². The zero-order chi connectivity index (χ0) is 12.6. The summed E-state index contributed by atoms with van der Waals surface area (Å²) >= 11 is 0. The second-order valence-corrected chi connectivity index (χ2v) is 3.83. The van der Waals surface area contributed by atoms with Crippen LogP contribution < -0.4 is 10.4 Å². The first-order valence-corrected chi connectivity index (χ1v) is 4.87. The lowest BCUT2D eigenvalue weighted by atomic mass is 9.83. The summed E-state index contributed by atoms with van der Waals surface area (Å²) in [5.74, 6) is -1.18. The van der Waals surface area contributed by atoms with Crippen LogP contribution in [0.15, 0.2) is 12.4 Å². The average Bonchev–Trinajstić information content (AvgIpc) is 2.13. The largest absolute Gasteiger partial charge is 0.491 e. The Hall–Kier alpha value is -1.35. The Balaban J connectivity index is 1.98. The fourth-order valence-electron chi connectivity index (χ4n) is 1.48. The molecule has 2 rings (SSSR count). The van der Waals surface area contributed by atoms with Gasteiger partial charge in [-0.1, -0.05) is 0 Å². The van der Waals surface area contributed by atoms with Gasteiger partial charge in [0, 0.05) is 30.9 Å². The molecule has 5 nitrogen and oxygen atoms in total. The first-order chi connectivity index (χ1) is 7.88. The first kappa shape index (κ1) is 12.1. The fraction of sp³-hybridized carbons (Fsp3) is 0.500. The quantitative estimate of drug-likeness (QED) is 0.666. The lowest BCUT2D eigenvalue weighted by Crippen LogP contribution is -2.54. The van der Waals surface area contributed by atoms with Crippen molar-refractivity contribution < 1.29 is 23.2 Å². The second kappa shape index (κ2) is 4.15. The van der Waals surface area contributed by atoms with Gasteiger partial charge in [-0.25, -0.2) is 9.97 Å². The Bertz CT molecular complexity index is 392. The van der Waals surface area contributed by atoms with Gasteiger partial charge in [0.1, 0.15) is 0 Å². The predicted molar refractivity (Wildman–Crippen MR) is 53.6 cm³/mol. The molecule has 1 aromatic heterocycles. The smallest absolute Gasteiger partial charge is 0.423 e. The summed E-state index contributed by atoms with van der Waals surface area (Å²) in [5, 5.41) is 17.6. The molecule has 2 N–H and O–H groups in total. The molecule has 0 unspecified atom stereocenters. The zero-order valence-electron chi connectivity index (χ0n) is 8.59. The van der Waals surface area contributed by atoms with Crippen LogP contribution in [-0.2, 0) is 0 Å². The zero-order valence-corrected chi connectivity index (χ0v) is 8.59. The molecule has 1 aromatic rings. The number of hydrogen-bond donors (Lipinski definition) is 2. The molecule has 0 bridgehead atoms. The molecule has 0 spiro atoms. The van der Waals surface area contributed by atoms with Gasteiger partial charge in [0.2, 0.25) is 5.95 Å². The minimum absolute atomic E-state index is 0.0987. The third-order valence-electron chi connectivity index (χ3n) is 2.58. The van der Waals surface area contributed by atoms with Crippen LogP contribution in [0.3, 0.4) is 0 Å². The van der Waals surface area contributed by atoms with Crippen LogP contribution in [0.1, 0.15) is 0 Å². The van der Waals surface area contributed by atoms with Gasteiger partial charge in [-0.2, -0.15) is 13.2 Å². The van der Waals surface area contributed by atoms with Gasteiger partial charge in [-0.05, 0) is 0 Å². The normalized spacial score (nSPS) is 16.9. The molecule has 0 amide bonds. The molecule has 1 saturated heterocycles. The summed E-state index contributed by atoms with van der Waals surface area (Å²) in [6.45, 7) is -0.324. The maximum absolute atomic E-state index is 12.2. The molecule has 0 aromatic carbocycles. The highest BCUT2D eigenvalue weighted by atomic mass is 19.4. The summed E-state index contributed by atoms with van der Waals surface area (Å²) in [7, 11) is -1.68. The molecule has 9 heteroatoms. The van der Waals surface area contributed by atoms with Crippen LogP contribution >= 0.6 is 0 Å². The van der Waals surface area contributed by atoms with Gasteiger partial charge >= 0.3 is 13.3 Å². The molecule has 0 aliphatic carbocycles. The molecular weight excluding hydrogens is 238 g/mol. The van der Waals surface area contributed by atoms with E-state index >= 15 is 0 Å². The standard InChI is InChI=1S/C8H9BF3N3O2/c10-8(11,12)5-3-15(4-5)7-13-1-6(2-14-7)9(16)17/h1-2,5,16-17H,3-4H2. The summed E-state index contributed by atoms with van der Waals surface area (Å²) in [4.78, 5) is 8.91. The maximum Gasteiger partial charge on any atom is 0.491 e. The Morgan fingerprint density at radius 1 is 1.24 bits per heavy atom. The van der Waals surface area contributed by atoms with E-state index in [0.717, 1.165) is 0 Å². The third-order valence-corrected chi connectivity index (χ3v) is 2.58. The summed E-state index contributed by atoms with van der Waals surface area (Å²) in [6.07, 6.45) is -1.83. The van der Waals surface area contributed by atoms with E-state index in [1.165, 1.54) is 17.3 Å². The van der Waals surface area contributed by atoms with Crippen LogP contribution in [-0.4, -0.2) is 46.4 Å². The number of halogens is 3. The van der Waals surface area contributed by atoms with E-state index in [-0.39, 0.29) is 24.5 Å². The second-order valence-electron chi connectivity index (χ2n) is 3.83. The van der Waals surface area contributed by atoms with Crippen molar-refractivity contribution in [3.05, 3.63) is 12.4 Å². The molecule has 2 heterocycles. The number of anilines is 1. The Kier molecular flexibility index (Phi) is 2.96. The number of alkyl halides is 3. The van der Waals surface area contributed by atoms with Crippen molar-refractivity contribution in [1.29, 1.82) is 0 Å². The molecular formula is C8H9BF3N3O2. The van der Waals surface area contributed by atoms with E-state index in [1.54, 1.807) is 0 Å². The van der Waals surface area contributed by atoms with Crippen molar-refractivity contribution in [1.82, 2.24) is 9.97 Å². The topological polar surface area (TPSA) is 69.5 Å². The molecule has 1 aliphatic rings. The minimum atomic E-state index is -4.18. The van der Waals surface area contributed by atoms with Crippen LogP contribution in [0.25, 0.3) is 0 Å². The molecule has 0 saturated carbocycles. The lowest BCUT2D eigenvalue weighted by Gasteiger charge is -2.39. The van der Waals surface area contributed by atoms with Crippen LogP contribution in [0, 0.1) is 5.92 Å². The van der Waals surface area contributed by atoms with Gasteiger partial charge in [-0.3, -0.25) is 0 Å². The van der Waals surface area contributed by atoms with Crippen LogP contribution in [0.5, 0.6) is 0 Å². The lowest BCUT2D eigenvalue weighted by molar-refractivity contribution is -0.180. The van der Waals surface area contributed by atoms with E-state index in [9.17, 15) is 13.2 Å². The van der Waals surface area contributed by atoms with Gasteiger partial charge in [-0.15, -0.1) is 0 Å². The van der Waals surface area contributed by atoms with E-state index in [0.29, 0.717) is 0 Å². The van der Waals surface area contributed by atoms with Crippen molar-refractivity contribution in [3.8, 4) is 0 Å². The van der Waals surface area contributed by atoms with Gasteiger partial charge in [0.05, 0.1) is 5.92 Å². The molecule has 1 aliphatic heterocycles. The van der Waals surface area contributed by atoms with Gasteiger partial charge < -0.3 is 14.9 Å². The summed E-state index contributed by atoms with van der Waals surface area (Å²) in [5.41, 5.74) is 0.0987. The average molecular weight is 247 g/mol. The number of rotatable bonds is 2. The van der Waals surface area contributed by atoms with E-state index in [2.05, 4.69) is 9.97 Å². The molecule has 1 fully saturated rings. The van der Waals surface area contributed by atoms with Crippen molar-refractivity contribution in [2.45, 2.75) is 6.18 Å². The Morgan fingerprint density at radius 3 is 2.18 bits per heavy atom. The van der Waals surface area contributed by atoms with Crippen LogP contribution in [0.2, 0.25) is 0 Å². The highest BCUT2D eigenvalue weighted by molar-refractivity contribution is 6.58. The number of aromatic nitrogens is 2. The summed E-state index contributed by atoms with van der Waals surface area (Å²) < 4.78 is 36.7. The SMILES string of the molecule is OB(O)c1cnc(N2CC(C(F)(F)F)C2)nc1. The van der Waals surface area contributed by atoms with E-state index in [1.807, 2.05) is 0 Å². The molecule has 0 radical (unpaired) electrons. The maximum atomic E-state index is 12.2. The highest BCUT2D eigenvalue weighted by Gasteiger charge is 2.47. The summed E-state index contributed by atoms with van der Waals surface area (Å²) in [6, 6.07) is 0.